The molecule has 3 aliphatic rings. The molecule has 0 aliphatic heterocycles. The van der Waals surface area contributed by atoms with Gasteiger partial charge in [-0.05, 0) is 75.6 Å². The molecule has 0 radical (unpaired) electrons. The van der Waals surface area contributed by atoms with Crippen LogP contribution in [0.25, 0.3) is 0 Å². The van der Waals surface area contributed by atoms with Crippen LogP contribution in [0.15, 0.2) is 60.7 Å². The van der Waals surface area contributed by atoms with Crippen molar-refractivity contribution in [3.8, 4) is 0 Å². The highest BCUT2D eigenvalue weighted by molar-refractivity contribution is 5.51. The number of para-hydroxylation sites is 2. The van der Waals surface area contributed by atoms with E-state index in [1.807, 2.05) is 0 Å². The summed E-state index contributed by atoms with van der Waals surface area (Å²) in [5.41, 5.74) is 2.93. The molecule has 32 heavy (non-hydrogen) atoms. The second kappa shape index (κ2) is 10.8. The van der Waals surface area contributed by atoms with Gasteiger partial charge in [0.15, 0.2) is 0 Å². The summed E-state index contributed by atoms with van der Waals surface area (Å²) >= 11 is 0. The highest BCUT2D eigenvalue weighted by atomic mass is 15.2. The zero-order valence-corrected chi connectivity index (χ0v) is 19.9. The third kappa shape index (κ3) is 5.00. The van der Waals surface area contributed by atoms with E-state index in [0.717, 1.165) is 12.1 Å². The first-order valence-electron chi connectivity index (χ1n) is 13.6. The number of hydrogen-bond acceptors (Lipinski definition) is 2. The number of anilines is 2. The van der Waals surface area contributed by atoms with Gasteiger partial charge in [0.25, 0.3) is 0 Å². The van der Waals surface area contributed by atoms with Crippen molar-refractivity contribution < 1.29 is 0 Å². The lowest BCUT2D eigenvalue weighted by molar-refractivity contribution is 0.290. The van der Waals surface area contributed by atoms with E-state index in [-0.39, 0.29) is 0 Å². The summed E-state index contributed by atoms with van der Waals surface area (Å²) in [7, 11) is 0. The minimum atomic E-state index is 0.675. The van der Waals surface area contributed by atoms with Gasteiger partial charge in [0.05, 0.1) is 0 Å². The van der Waals surface area contributed by atoms with Crippen LogP contribution in [0, 0.1) is 0 Å². The van der Waals surface area contributed by atoms with Crippen LogP contribution in [0.3, 0.4) is 0 Å². The molecule has 2 aromatic rings. The van der Waals surface area contributed by atoms with E-state index in [1.54, 1.807) is 0 Å². The molecule has 0 saturated heterocycles. The molecular formula is C30H42N2. The van der Waals surface area contributed by atoms with E-state index in [9.17, 15) is 0 Å². The Kier molecular flexibility index (Phi) is 7.36. The SMILES string of the molecule is c1ccc(N(C2CCCCC2)C2CCCC(N(c3ccccc3)C3CCCCC3)C2)cc1. The summed E-state index contributed by atoms with van der Waals surface area (Å²) in [6, 6.07) is 25.6. The van der Waals surface area contributed by atoms with Gasteiger partial charge in [0, 0.05) is 35.5 Å². The Morgan fingerprint density at radius 3 is 1.19 bits per heavy atom. The molecule has 2 unspecified atom stereocenters. The molecule has 0 bridgehead atoms. The Morgan fingerprint density at radius 2 is 0.781 bits per heavy atom. The van der Waals surface area contributed by atoms with Crippen molar-refractivity contribution in [2.75, 3.05) is 9.80 Å². The van der Waals surface area contributed by atoms with Crippen molar-refractivity contribution >= 4 is 11.4 Å². The van der Waals surface area contributed by atoms with Gasteiger partial charge >= 0.3 is 0 Å². The fourth-order valence-electron chi connectivity index (χ4n) is 7.00. The number of rotatable bonds is 6. The minimum Gasteiger partial charge on any atom is -0.365 e. The van der Waals surface area contributed by atoms with Gasteiger partial charge in [0.1, 0.15) is 0 Å². The van der Waals surface area contributed by atoms with Crippen LogP contribution in [-0.2, 0) is 0 Å². The van der Waals surface area contributed by atoms with Crippen molar-refractivity contribution in [3.05, 3.63) is 60.7 Å². The van der Waals surface area contributed by atoms with Crippen LogP contribution >= 0.6 is 0 Å². The predicted molar refractivity (Wildman–Crippen MR) is 138 cm³/mol. The van der Waals surface area contributed by atoms with Gasteiger partial charge in [-0.3, -0.25) is 0 Å². The van der Waals surface area contributed by atoms with Crippen molar-refractivity contribution in [3.63, 3.8) is 0 Å². The minimum absolute atomic E-state index is 0.675. The Labute approximate surface area is 196 Å². The lowest BCUT2D eigenvalue weighted by atomic mass is 9.83. The highest BCUT2D eigenvalue weighted by Gasteiger charge is 2.36. The van der Waals surface area contributed by atoms with E-state index < -0.39 is 0 Å². The van der Waals surface area contributed by atoms with E-state index in [2.05, 4.69) is 70.5 Å². The maximum atomic E-state index is 2.88. The first kappa shape index (κ1) is 21.9. The van der Waals surface area contributed by atoms with Gasteiger partial charge in [-0.15, -0.1) is 0 Å². The van der Waals surface area contributed by atoms with Gasteiger partial charge in [-0.25, -0.2) is 0 Å². The van der Waals surface area contributed by atoms with Crippen LogP contribution in [0.5, 0.6) is 0 Å². The van der Waals surface area contributed by atoms with Crippen LogP contribution in [-0.4, -0.2) is 24.2 Å². The fourth-order valence-corrected chi connectivity index (χ4v) is 7.00. The Hall–Kier alpha value is -1.96. The van der Waals surface area contributed by atoms with Crippen molar-refractivity contribution in [1.29, 1.82) is 0 Å². The number of benzene rings is 2. The van der Waals surface area contributed by atoms with E-state index >= 15 is 0 Å². The molecule has 3 aliphatic carbocycles. The maximum absolute atomic E-state index is 2.88. The third-order valence-electron chi connectivity index (χ3n) is 8.45. The number of nitrogens with zero attached hydrogens (tertiary/aromatic N) is 2. The molecule has 2 aromatic carbocycles. The molecule has 172 valence electrons. The summed E-state index contributed by atoms with van der Waals surface area (Å²) in [5, 5.41) is 0. The molecule has 0 amide bonds. The molecule has 3 fully saturated rings. The van der Waals surface area contributed by atoms with Crippen LogP contribution in [0.4, 0.5) is 11.4 Å². The van der Waals surface area contributed by atoms with Gasteiger partial charge in [0.2, 0.25) is 0 Å². The number of hydrogen-bond donors (Lipinski definition) is 0. The monoisotopic (exact) mass is 430 g/mol. The van der Waals surface area contributed by atoms with Crippen LogP contribution < -0.4 is 9.80 Å². The summed E-state index contributed by atoms with van der Waals surface area (Å²) in [6.45, 7) is 0. The zero-order valence-electron chi connectivity index (χ0n) is 19.9. The van der Waals surface area contributed by atoms with E-state index in [1.165, 1.54) is 101 Å². The lowest BCUT2D eigenvalue weighted by Gasteiger charge is -2.49. The molecule has 3 saturated carbocycles. The molecule has 2 nitrogen and oxygen atoms in total. The van der Waals surface area contributed by atoms with Gasteiger partial charge in [-0.2, -0.15) is 0 Å². The summed E-state index contributed by atoms with van der Waals surface area (Å²) in [4.78, 5) is 5.77. The molecular weight excluding hydrogens is 388 g/mol. The lowest BCUT2D eigenvalue weighted by Crippen LogP contribution is -2.53. The molecule has 0 aromatic heterocycles. The van der Waals surface area contributed by atoms with Crippen molar-refractivity contribution in [2.24, 2.45) is 0 Å². The molecule has 0 N–H and O–H groups in total. The van der Waals surface area contributed by atoms with E-state index in [0.29, 0.717) is 12.1 Å². The van der Waals surface area contributed by atoms with E-state index in [4.69, 9.17) is 0 Å². The maximum Gasteiger partial charge on any atom is 0.0371 e. The summed E-state index contributed by atoms with van der Waals surface area (Å²) in [5.74, 6) is 0. The fraction of sp³-hybridized carbons (Fsp3) is 0.600. The summed E-state index contributed by atoms with van der Waals surface area (Å²) in [6.07, 6.45) is 19.4. The van der Waals surface area contributed by atoms with Gasteiger partial charge < -0.3 is 9.80 Å². The average molecular weight is 431 g/mol. The van der Waals surface area contributed by atoms with Crippen LogP contribution in [0.1, 0.15) is 89.9 Å². The largest absolute Gasteiger partial charge is 0.365 e. The molecule has 0 spiro atoms. The summed E-state index contributed by atoms with van der Waals surface area (Å²) < 4.78 is 0. The molecule has 2 heteroatoms. The standard InChI is InChI=1S/C30H42N2/c1-5-14-25(15-6-1)31(26-16-7-2-8-17-26)29-22-13-23-30(24-29)32(27-18-9-3-10-19-27)28-20-11-4-12-21-28/h1,3,5-6,9-10,14-15,18-19,26,28-30H,2,4,7-8,11-13,16-17,20-24H2. The third-order valence-corrected chi connectivity index (χ3v) is 8.45. The smallest absolute Gasteiger partial charge is 0.0371 e. The zero-order chi connectivity index (χ0) is 21.6. The van der Waals surface area contributed by atoms with Crippen molar-refractivity contribution in [2.45, 2.75) is 114 Å². The molecule has 2 atom stereocenters. The normalized spacial score (nSPS) is 25.4. The van der Waals surface area contributed by atoms with Crippen molar-refractivity contribution in [1.82, 2.24) is 0 Å². The molecule has 5 rings (SSSR count). The predicted octanol–water partition coefficient (Wildman–Crippen LogP) is 7.98. The Morgan fingerprint density at radius 1 is 0.406 bits per heavy atom. The van der Waals surface area contributed by atoms with Crippen LogP contribution in [0.2, 0.25) is 0 Å². The first-order valence-corrected chi connectivity index (χ1v) is 13.6. The Balaban J connectivity index is 1.41. The first-order chi connectivity index (χ1) is 15.9. The second-order valence-electron chi connectivity index (χ2n) is 10.5. The molecule has 0 heterocycles. The quantitative estimate of drug-likeness (QED) is 0.458. The topological polar surface area (TPSA) is 6.48 Å². The van der Waals surface area contributed by atoms with Gasteiger partial charge in [-0.1, -0.05) is 74.9 Å². The highest BCUT2D eigenvalue weighted by Crippen LogP contribution is 2.38. The Bertz CT molecular complexity index is 725. The second-order valence-corrected chi connectivity index (χ2v) is 10.5. The average Bonchev–Trinajstić information content (AvgIpc) is 2.87.